The number of carbonyl (C=O) groups excluding carboxylic acids is 2. The minimum atomic E-state index is -4.01. The topological polar surface area (TPSA) is 124 Å². The second-order valence-corrected chi connectivity index (χ2v) is 12.7. The number of phenolic OH excluding ortho intramolecular Hbond substituents is 1. The first-order valence-electron chi connectivity index (χ1n) is 12.3. The van der Waals surface area contributed by atoms with E-state index in [1.54, 1.807) is 0 Å². The van der Waals surface area contributed by atoms with E-state index in [0.29, 0.717) is 36.0 Å². The number of esters is 1. The van der Waals surface area contributed by atoms with Gasteiger partial charge in [0.25, 0.3) is 0 Å². The van der Waals surface area contributed by atoms with Gasteiger partial charge in [-0.05, 0) is 92.4 Å². The lowest BCUT2D eigenvalue weighted by atomic mass is 9.49. The van der Waals surface area contributed by atoms with Crippen LogP contribution in [-0.4, -0.2) is 31.4 Å². The molecule has 0 radical (unpaired) electrons. The Labute approximate surface area is 200 Å². The first-order chi connectivity index (χ1) is 16.0. The lowest BCUT2D eigenvalue weighted by Crippen LogP contribution is -2.50. The third-order valence-corrected chi connectivity index (χ3v) is 10.2. The fourth-order valence-corrected chi connectivity index (χ4v) is 8.32. The number of aromatic hydroxyl groups is 1. The maximum atomic E-state index is 13.0. The van der Waals surface area contributed by atoms with Crippen LogP contribution < -0.4 is 5.14 Å². The number of ether oxygens (including phenoxy) is 1. The van der Waals surface area contributed by atoms with Crippen LogP contribution in [0.3, 0.4) is 0 Å². The highest BCUT2D eigenvalue weighted by atomic mass is 32.2. The molecule has 4 aliphatic rings. The van der Waals surface area contributed by atoms with Crippen LogP contribution in [0.15, 0.2) is 34.7 Å². The molecule has 3 fully saturated rings. The zero-order valence-electron chi connectivity index (χ0n) is 19.7. The van der Waals surface area contributed by atoms with Gasteiger partial charge in [-0.25, -0.2) is 18.4 Å². The van der Waals surface area contributed by atoms with Crippen molar-refractivity contribution in [2.45, 2.75) is 69.8 Å². The SMILES string of the molecule is C[C@@H]1CC2=CC(=O)CCC2C2CC[C@@]3(C)C(CC[C@@H]3OC(=O)c3cc(S(N)(=O)=O)ccc3O)C21. The van der Waals surface area contributed by atoms with Crippen molar-refractivity contribution in [1.82, 2.24) is 0 Å². The van der Waals surface area contributed by atoms with Crippen LogP contribution in [0.2, 0.25) is 0 Å². The fraction of sp³-hybridized carbons (Fsp3) is 0.615. The Morgan fingerprint density at radius 2 is 1.97 bits per heavy atom. The minimum absolute atomic E-state index is 0.163. The van der Waals surface area contributed by atoms with Gasteiger partial charge in [-0.1, -0.05) is 19.4 Å². The molecule has 1 aromatic carbocycles. The van der Waals surface area contributed by atoms with Crippen molar-refractivity contribution in [3.05, 3.63) is 35.4 Å². The zero-order valence-corrected chi connectivity index (χ0v) is 20.5. The smallest absolute Gasteiger partial charge is 0.342 e. The molecule has 0 bridgehead atoms. The summed E-state index contributed by atoms with van der Waals surface area (Å²) in [4.78, 5) is 24.8. The Morgan fingerprint density at radius 3 is 2.71 bits per heavy atom. The molecule has 0 heterocycles. The molecule has 0 aliphatic heterocycles. The number of allylic oxidation sites excluding steroid dienone is 1. The van der Waals surface area contributed by atoms with Crippen molar-refractivity contribution in [3.8, 4) is 5.75 Å². The van der Waals surface area contributed by atoms with Gasteiger partial charge >= 0.3 is 5.97 Å². The van der Waals surface area contributed by atoms with Crippen LogP contribution in [0.1, 0.15) is 69.2 Å². The number of ketones is 1. The molecular weight excluding hydrogens is 454 g/mol. The monoisotopic (exact) mass is 487 g/mol. The molecule has 7 nitrogen and oxygen atoms in total. The second-order valence-electron chi connectivity index (χ2n) is 11.1. The second kappa shape index (κ2) is 8.19. The third-order valence-electron chi connectivity index (χ3n) is 9.32. The molecule has 0 amide bonds. The van der Waals surface area contributed by atoms with Gasteiger partial charge in [0.1, 0.15) is 17.4 Å². The lowest BCUT2D eigenvalue weighted by molar-refractivity contribution is -0.116. The number of nitrogens with two attached hydrogens (primary N) is 1. The van der Waals surface area contributed by atoms with Crippen LogP contribution >= 0.6 is 0 Å². The summed E-state index contributed by atoms with van der Waals surface area (Å²) in [5.41, 5.74) is 1.00. The number of fused-ring (bicyclic) bond motifs is 5. The Kier molecular flexibility index (Phi) is 5.67. The van der Waals surface area contributed by atoms with Gasteiger partial charge < -0.3 is 9.84 Å². The van der Waals surface area contributed by atoms with E-state index in [1.165, 1.54) is 11.6 Å². The van der Waals surface area contributed by atoms with E-state index in [0.717, 1.165) is 50.7 Å². The van der Waals surface area contributed by atoms with E-state index in [4.69, 9.17) is 9.88 Å². The first-order valence-corrected chi connectivity index (χ1v) is 13.8. The van der Waals surface area contributed by atoms with Crippen molar-refractivity contribution >= 4 is 21.8 Å². The van der Waals surface area contributed by atoms with Crippen LogP contribution in [0.4, 0.5) is 0 Å². The number of hydrogen-bond donors (Lipinski definition) is 2. The van der Waals surface area contributed by atoms with E-state index in [-0.39, 0.29) is 33.5 Å². The molecule has 7 atom stereocenters. The molecule has 8 heteroatoms. The first kappa shape index (κ1) is 23.5. The summed E-state index contributed by atoms with van der Waals surface area (Å²) in [7, 11) is -4.01. The van der Waals surface area contributed by atoms with Crippen molar-refractivity contribution in [2.24, 2.45) is 40.1 Å². The van der Waals surface area contributed by atoms with Crippen molar-refractivity contribution in [3.63, 3.8) is 0 Å². The van der Waals surface area contributed by atoms with E-state index in [1.807, 2.05) is 6.08 Å². The van der Waals surface area contributed by atoms with Gasteiger partial charge in [0.2, 0.25) is 10.0 Å². The number of benzene rings is 1. The Morgan fingerprint density at radius 1 is 1.21 bits per heavy atom. The third kappa shape index (κ3) is 3.79. The number of primary sulfonamides is 1. The molecular formula is C26H33NO6S. The van der Waals surface area contributed by atoms with Gasteiger partial charge in [-0.3, -0.25) is 4.79 Å². The summed E-state index contributed by atoms with van der Waals surface area (Å²) in [6.45, 7) is 4.53. The predicted molar refractivity (Wildman–Crippen MR) is 125 cm³/mol. The number of sulfonamides is 1. The maximum Gasteiger partial charge on any atom is 0.342 e. The largest absolute Gasteiger partial charge is 0.507 e. The Bertz CT molecular complexity index is 1170. The van der Waals surface area contributed by atoms with Gasteiger partial charge in [-0.2, -0.15) is 0 Å². The van der Waals surface area contributed by atoms with Crippen molar-refractivity contribution in [2.75, 3.05) is 0 Å². The van der Waals surface area contributed by atoms with E-state index in [2.05, 4.69) is 13.8 Å². The van der Waals surface area contributed by atoms with Crippen LogP contribution in [0, 0.1) is 35.0 Å². The highest BCUT2D eigenvalue weighted by Crippen LogP contribution is 2.63. The molecule has 184 valence electrons. The van der Waals surface area contributed by atoms with Crippen LogP contribution in [0.5, 0.6) is 5.75 Å². The Hall–Kier alpha value is -2.19. The van der Waals surface area contributed by atoms with E-state index < -0.39 is 16.0 Å². The molecule has 34 heavy (non-hydrogen) atoms. The van der Waals surface area contributed by atoms with Crippen LogP contribution in [-0.2, 0) is 19.6 Å². The zero-order chi connectivity index (χ0) is 24.4. The predicted octanol–water partition coefficient (Wildman–Crippen LogP) is 3.95. The summed E-state index contributed by atoms with van der Waals surface area (Å²) in [6, 6.07) is 3.41. The molecule has 0 saturated heterocycles. The molecule has 5 rings (SSSR count). The Balaban J connectivity index is 1.37. The van der Waals surface area contributed by atoms with Gasteiger partial charge in [-0.15, -0.1) is 0 Å². The molecule has 3 N–H and O–H groups in total. The van der Waals surface area contributed by atoms with Crippen molar-refractivity contribution < 1.29 is 27.9 Å². The summed E-state index contributed by atoms with van der Waals surface area (Å²) < 4.78 is 29.4. The highest BCUT2D eigenvalue weighted by Gasteiger charge is 2.59. The molecule has 1 aromatic rings. The molecule has 3 saturated carbocycles. The maximum absolute atomic E-state index is 13.0. The molecule has 0 spiro atoms. The molecule has 0 aromatic heterocycles. The van der Waals surface area contributed by atoms with Gasteiger partial charge in [0.15, 0.2) is 5.78 Å². The van der Waals surface area contributed by atoms with E-state index >= 15 is 0 Å². The number of phenols is 1. The summed E-state index contributed by atoms with van der Waals surface area (Å²) in [5, 5.41) is 15.4. The standard InChI is InChI=1S/C26H33NO6S/c1-14-11-15-12-16(28)3-5-18(15)19-9-10-26(2)21(24(14)19)6-8-23(26)33-25(30)20-13-17(34(27,31)32)4-7-22(20)29/h4,7,12-14,18-19,21,23-24,29H,3,5-6,8-11H2,1-2H3,(H2,27,31,32)/t14-,18?,19?,21?,23+,24?,26+/m1/s1. The number of rotatable bonds is 3. The summed E-state index contributed by atoms with van der Waals surface area (Å²) in [6.07, 6.45) is 7.94. The molecule has 4 unspecified atom stereocenters. The summed E-state index contributed by atoms with van der Waals surface area (Å²) in [5.74, 6) is 1.75. The van der Waals surface area contributed by atoms with Gasteiger partial charge in [0.05, 0.1) is 4.90 Å². The molecule has 4 aliphatic carbocycles. The quantitative estimate of drug-likeness (QED) is 0.622. The average Bonchev–Trinajstić information content (AvgIpc) is 3.08. The number of hydrogen-bond acceptors (Lipinski definition) is 6. The van der Waals surface area contributed by atoms with Crippen LogP contribution in [0.25, 0.3) is 0 Å². The summed E-state index contributed by atoms with van der Waals surface area (Å²) >= 11 is 0. The highest BCUT2D eigenvalue weighted by molar-refractivity contribution is 7.89. The van der Waals surface area contributed by atoms with Gasteiger partial charge in [0, 0.05) is 11.8 Å². The van der Waals surface area contributed by atoms with Crippen molar-refractivity contribution in [1.29, 1.82) is 0 Å². The number of carbonyl (C=O) groups is 2. The fourth-order valence-electron chi connectivity index (χ4n) is 7.78. The average molecular weight is 488 g/mol. The normalized spacial score (nSPS) is 37.3. The minimum Gasteiger partial charge on any atom is -0.507 e. The lowest BCUT2D eigenvalue weighted by Gasteiger charge is -2.55. The van der Waals surface area contributed by atoms with E-state index in [9.17, 15) is 23.1 Å².